The van der Waals surface area contributed by atoms with Gasteiger partial charge in [-0.2, -0.15) is 0 Å². The van der Waals surface area contributed by atoms with Crippen LogP contribution in [0.25, 0.3) is 0 Å². The summed E-state index contributed by atoms with van der Waals surface area (Å²) in [6, 6.07) is 0. The van der Waals surface area contributed by atoms with Crippen molar-refractivity contribution >= 4 is 5.91 Å². The molecule has 2 nitrogen and oxygen atoms in total. The monoisotopic (exact) mass is 337 g/mol. The molecule has 2 unspecified atom stereocenters. The van der Waals surface area contributed by atoms with E-state index in [-0.39, 0.29) is 0 Å². The van der Waals surface area contributed by atoms with E-state index in [1.165, 1.54) is 64.2 Å². The summed E-state index contributed by atoms with van der Waals surface area (Å²) in [6.07, 6.45) is 14.9. The summed E-state index contributed by atoms with van der Waals surface area (Å²) < 4.78 is 0. The summed E-state index contributed by atoms with van der Waals surface area (Å²) in [5.41, 5.74) is 0. The molecule has 0 heterocycles. The lowest BCUT2D eigenvalue weighted by Crippen LogP contribution is -2.41. The van der Waals surface area contributed by atoms with E-state index in [1.807, 2.05) is 0 Å². The number of unbranched alkanes of at least 4 members (excludes halogenated alkanes) is 2. The van der Waals surface area contributed by atoms with Crippen LogP contribution in [0.15, 0.2) is 0 Å². The molecule has 0 aromatic heterocycles. The summed E-state index contributed by atoms with van der Waals surface area (Å²) in [6.45, 7) is 11.2. The van der Waals surface area contributed by atoms with Gasteiger partial charge in [0.25, 0.3) is 0 Å². The number of rotatable bonds is 13. The third-order valence-corrected chi connectivity index (χ3v) is 6.06. The van der Waals surface area contributed by atoms with Crippen molar-refractivity contribution in [3.63, 3.8) is 0 Å². The Morgan fingerprint density at radius 1 is 0.875 bits per heavy atom. The minimum Gasteiger partial charge on any atom is -0.342 e. The molecule has 1 saturated carbocycles. The number of carbonyl (C=O) groups excluding carboxylic acids is 1. The van der Waals surface area contributed by atoms with E-state index in [0.717, 1.165) is 25.9 Å². The Labute approximate surface area is 151 Å². The van der Waals surface area contributed by atoms with Crippen molar-refractivity contribution in [3.05, 3.63) is 0 Å². The lowest BCUT2D eigenvalue weighted by atomic mass is 9.94. The number of hydrogen-bond acceptors (Lipinski definition) is 1. The molecule has 0 bridgehead atoms. The van der Waals surface area contributed by atoms with Gasteiger partial charge in [-0.25, -0.2) is 0 Å². The molecule has 0 N–H and O–H groups in total. The summed E-state index contributed by atoms with van der Waals surface area (Å²) in [5.74, 6) is 2.20. The average molecular weight is 338 g/mol. The van der Waals surface area contributed by atoms with Gasteiger partial charge in [0.15, 0.2) is 0 Å². The van der Waals surface area contributed by atoms with Gasteiger partial charge < -0.3 is 4.90 Å². The van der Waals surface area contributed by atoms with Crippen LogP contribution in [0, 0.1) is 17.8 Å². The second-order valence-electron chi connectivity index (χ2n) is 8.06. The maximum atomic E-state index is 13.1. The molecule has 0 saturated heterocycles. The van der Waals surface area contributed by atoms with Crippen LogP contribution in [0.2, 0.25) is 0 Å². The van der Waals surface area contributed by atoms with Gasteiger partial charge in [-0.3, -0.25) is 4.79 Å². The van der Waals surface area contributed by atoms with E-state index in [1.54, 1.807) is 0 Å². The van der Waals surface area contributed by atoms with Crippen molar-refractivity contribution < 1.29 is 4.79 Å². The van der Waals surface area contributed by atoms with Gasteiger partial charge in [-0.1, -0.05) is 79.1 Å². The van der Waals surface area contributed by atoms with E-state index in [9.17, 15) is 4.79 Å². The summed E-state index contributed by atoms with van der Waals surface area (Å²) in [4.78, 5) is 15.4. The molecule has 0 aromatic rings. The summed E-state index contributed by atoms with van der Waals surface area (Å²) in [5, 5.41) is 0. The molecule has 0 aromatic carbocycles. The van der Waals surface area contributed by atoms with Crippen LogP contribution in [-0.2, 0) is 4.79 Å². The molecule has 142 valence electrons. The Morgan fingerprint density at radius 3 is 1.71 bits per heavy atom. The molecule has 2 heteroatoms. The Hall–Kier alpha value is -0.530. The van der Waals surface area contributed by atoms with Gasteiger partial charge in [0, 0.05) is 19.0 Å². The molecular weight excluding hydrogens is 294 g/mol. The van der Waals surface area contributed by atoms with Crippen LogP contribution in [0.4, 0.5) is 0 Å². The zero-order valence-corrected chi connectivity index (χ0v) is 17.0. The molecule has 1 amide bonds. The van der Waals surface area contributed by atoms with Crippen LogP contribution < -0.4 is 0 Å². The quantitative estimate of drug-likeness (QED) is 0.379. The predicted octanol–water partition coefficient (Wildman–Crippen LogP) is 6.44. The van der Waals surface area contributed by atoms with Gasteiger partial charge >= 0.3 is 0 Å². The topological polar surface area (TPSA) is 20.3 Å². The number of amides is 1. The second kappa shape index (κ2) is 12.8. The van der Waals surface area contributed by atoms with Crippen LogP contribution >= 0.6 is 0 Å². The zero-order chi connectivity index (χ0) is 17.8. The van der Waals surface area contributed by atoms with Crippen LogP contribution in [0.5, 0.6) is 0 Å². The second-order valence-corrected chi connectivity index (χ2v) is 8.06. The van der Waals surface area contributed by atoms with Crippen molar-refractivity contribution in [2.45, 2.75) is 105 Å². The van der Waals surface area contributed by atoms with Crippen LogP contribution in [0.1, 0.15) is 105 Å². The Balaban J connectivity index is 2.70. The number of hydrogen-bond donors (Lipinski definition) is 0. The van der Waals surface area contributed by atoms with Crippen molar-refractivity contribution in [2.75, 3.05) is 13.1 Å². The van der Waals surface area contributed by atoms with Gasteiger partial charge in [0.1, 0.15) is 0 Å². The SMILES string of the molecule is CCCCC(CC)CN(CC(CC)CCCC)C(=O)C1CCCC1. The maximum Gasteiger partial charge on any atom is 0.225 e. The van der Waals surface area contributed by atoms with E-state index < -0.39 is 0 Å². The standard InChI is InChI=1S/C22H43NO/c1-5-9-13-19(7-3)17-23(18-20(8-4)14-10-6-2)22(24)21-15-11-12-16-21/h19-21H,5-18H2,1-4H3. The fourth-order valence-electron chi connectivity index (χ4n) is 4.14. The van der Waals surface area contributed by atoms with Gasteiger partial charge in [0.2, 0.25) is 5.91 Å². The van der Waals surface area contributed by atoms with Crippen LogP contribution in [0.3, 0.4) is 0 Å². The summed E-state index contributed by atoms with van der Waals surface area (Å²) in [7, 11) is 0. The molecular formula is C22H43NO. The van der Waals surface area contributed by atoms with E-state index in [2.05, 4.69) is 32.6 Å². The van der Waals surface area contributed by atoms with Crippen molar-refractivity contribution in [1.29, 1.82) is 0 Å². The van der Waals surface area contributed by atoms with E-state index in [4.69, 9.17) is 0 Å². The molecule has 0 radical (unpaired) electrons. The Bertz CT molecular complexity index is 304. The normalized spacial score (nSPS) is 17.8. The first kappa shape index (κ1) is 21.5. The third-order valence-electron chi connectivity index (χ3n) is 6.06. The van der Waals surface area contributed by atoms with Crippen molar-refractivity contribution in [3.8, 4) is 0 Å². The highest BCUT2D eigenvalue weighted by atomic mass is 16.2. The first-order chi connectivity index (χ1) is 11.7. The molecule has 24 heavy (non-hydrogen) atoms. The number of nitrogens with zero attached hydrogens (tertiary/aromatic N) is 1. The average Bonchev–Trinajstić information content (AvgIpc) is 3.14. The fraction of sp³-hybridized carbons (Fsp3) is 0.955. The molecule has 0 aliphatic heterocycles. The van der Waals surface area contributed by atoms with Gasteiger partial charge in [0.05, 0.1) is 0 Å². The first-order valence-electron chi connectivity index (χ1n) is 10.9. The summed E-state index contributed by atoms with van der Waals surface area (Å²) >= 11 is 0. The highest BCUT2D eigenvalue weighted by Gasteiger charge is 2.29. The zero-order valence-electron chi connectivity index (χ0n) is 17.0. The van der Waals surface area contributed by atoms with Crippen molar-refractivity contribution in [2.24, 2.45) is 17.8 Å². The van der Waals surface area contributed by atoms with E-state index in [0.29, 0.717) is 23.7 Å². The van der Waals surface area contributed by atoms with Crippen LogP contribution in [-0.4, -0.2) is 23.9 Å². The predicted molar refractivity (Wildman–Crippen MR) is 105 cm³/mol. The minimum atomic E-state index is 0.331. The third kappa shape index (κ3) is 7.57. The maximum absolute atomic E-state index is 13.1. The smallest absolute Gasteiger partial charge is 0.225 e. The highest BCUT2D eigenvalue weighted by molar-refractivity contribution is 5.79. The Morgan fingerprint density at radius 2 is 1.33 bits per heavy atom. The molecule has 1 fully saturated rings. The lowest BCUT2D eigenvalue weighted by molar-refractivity contribution is -0.136. The molecule has 0 spiro atoms. The number of carbonyl (C=O) groups is 1. The molecule has 1 aliphatic carbocycles. The Kier molecular flexibility index (Phi) is 11.5. The van der Waals surface area contributed by atoms with E-state index >= 15 is 0 Å². The minimum absolute atomic E-state index is 0.331. The lowest BCUT2D eigenvalue weighted by Gasteiger charge is -2.32. The van der Waals surface area contributed by atoms with Crippen molar-refractivity contribution in [1.82, 2.24) is 4.90 Å². The molecule has 1 aliphatic rings. The molecule has 1 rings (SSSR count). The van der Waals surface area contributed by atoms with Gasteiger partial charge in [-0.05, 0) is 37.5 Å². The largest absolute Gasteiger partial charge is 0.342 e. The first-order valence-corrected chi connectivity index (χ1v) is 10.9. The highest BCUT2D eigenvalue weighted by Crippen LogP contribution is 2.28. The fourth-order valence-corrected chi connectivity index (χ4v) is 4.14. The molecule has 2 atom stereocenters. The van der Waals surface area contributed by atoms with Gasteiger partial charge in [-0.15, -0.1) is 0 Å².